The lowest BCUT2D eigenvalue weighted by atomic mass is 9.73. The zero-order valence-corrected chi connectivity index (χ0v) is 27.0. The second-order valence-electron chi connectivity index (χ2n) is 12.5. The Bertz CT molecular complexity index is 1740. The third-order valence-electron chi connectivity index (χ3n) is 9.15. The zero-order chi connectivity index (χ0) is 32.1. The van der Waals surface area contributed by atoms with Gasteiger partial charge in [-0.2, -0.15) is 0 Å². The molecule has 0 radical (unpaired) electrons. The van der Waals surface area contributed by atoms with E-state index in [4.69, 9.17) is 11.6 Å². The average Bonchev–Trinajstić information content (AvgIpc) is 3.51. The van der Waals surface area contributed by atoms with Crippen LogP contribution in [0.25, 0.3) is 0 Å². The van der Waals surface area contributed by atoms with Crippen molar-refractivity contribution in [1.82, 2.24) is 0 Å². The SMILES string of the molecule is CCc1cc(C(C)(C)c2ccc(C(C)(C)c3ccc(N4C(=O)C=CC4=O)c(C)c3)cc2)c(Cl)c(CC)c1N1C(=O)C=CC1=O. The van der Waals surface area contributed by atoms with Crippen LogP contribution in [0.3, 0.4) is 0 Å². The van der Waals surface area contributed by atoms with Crippen molar-refractivity contribution < 1.29 is 19.2 Å². The van der Waals surface area contributed by atoms with Gasteiger partial charge in [0.1, 0.15) is 0 Å². The molecule has 7 heteroatoms. The molecule has 0 bridgehead atoms. The summed E-state index contributed by atoms with van der Waals surface area (Å²) in [6.07, 6.45) is 6.41. The van der Waals surface area contributed by atoms with E-state index in [2.05, 4.69) is 52.0 Å². The highest BCUT2D eigenvalue weighted by molar-refractivity contribution is 6.34. The van der Waals surface area contributed by atoms with Gasteiger partial charge in [0.2, 0.25) is 0 Å². The molecule has 0 atom stereocenters. The Morgan fingerprint density at radius 1 is 0.636 bits per heavy atom. The van der Waals surface area contributed by atoms with Crippen LogP contribution < -0.4 is 9.80 Å². The van der Waals surface area contributed by atoms with Crippen molar-refractivity contribution in [3.63, 3.8) is 0 Å². The number of hydrogen-bond donors (Lipinski definition) is 0. The third-order valence-corrected chi connectivity index (χ3v) is 9.58. The number of nitrogens with zero attached hydrogens (tertiary/aromatic N) is 2. The number of carbonyl (C=O) groups excluding carboxylic acids is 4. The van der Waals surface area contributed by atoms with Gasteiger partial charge < -0.3 is 0 Å². The topological polar surface area (TPSA) is 74.8 Å². The lowest BCUT2D eigenvalue weighted by Gasteiger charge is -2.32. The standard InChI is InChI=1S/C37H37ClN2O4/c1-8-23-21-28(34(38)27(9-2)35(23)40-32(43)18-19-33(40)44)37(6,7)25-12-10-24(11-13-25)36(4,5)26-14-15-29(22(3)20-26)39-30(41)16-17-31(39)42/h10-21H,8-9H2,1-7H3. The van der Waals surface area contributed by atoms with Crippen molar-refractivity contribution >= 4 is 46.6 Å². The van der Waals surface area contributed by atoms with Crippen molar-refractivity contribution in [2.75, 3.05) is 9.80 Å². The summed E-state index contributed by atoms with van der Waals surface area (Å²) in [5.41, 5.74) is 7.14. The van der Waals surface area contributed by atoms with E-state index in [0.717, 1.165) is 38.9 Å². The molecule has 4 amide bonds. The number of halogens is 1. The van der Waals surface area contributed by atoms with E-state index in [0.29, 0.717) is 29.2 Å². The Balaban J connectivity index is 1.49. The summed E-state index contributed by atoms with van der Waals surface area (Å²) in [7, 11) is 0. The minimum atomic E-state index is -0.468. The van der Waals surface area contributed by atoms with Gasteiger partial charge in [-0.1, -0.05) is 95.6 Å². The third kappa shape index (κ3) is 5.01. The molecule has 0 aliphatic carbocycles. The van der Waals surface area contributed by atoms with Crippen LogP contribution in [0.15, 0.2) is 72.8 Å². The van der Waals surface area contributed by atoms with Crippen LogP contribution in [0, 0.1) is 6.92 Å². The molecule has 2 heterocycles. The number of imide groups is 2. The Morgan fingerprint density at radius 3 is 1.59 bits per heavy atom. The first-order chi connectivity index (χ1) is 20.7. The van der Waals surface area contributed by atoms with Crippen molar-refractivity contribution in [1.29, 1.82) is 0 Å². The summed E-state index contributed by atoms with van der Waals surface area (Å²) >= 11 is 7.11. The lowest BCUT2D eigenvalue weighted by Crippen LogP contribution is -2.32. The highest BCUT2D eigenvalue weighted by Gasteiger charge is 2.35. The Hall–Kier alpha value is -4.29. The Morgan fingerprint density at radius 2 is 1.11 bits per heavy atom. The Kier molecular flexibility index (Phi) is 8.02. The van der Waals surface area contributed by atoms with Crippen molar-refractivity contribution in [3.8, 4) is 0 Å². The van der Waals surface area contributed by atoms with Crippen LogP contribution in [0.2, 0.25) is 5.02 Å². The molecular weight excluding hydrogens is 572 g/mol. The van der Waals surface area contributed by atoms with Gasteiger partial charge in [-0.3, -0.25) is 19.2 Å². The summed E-state index contributed by atoms with van der Waals surface area (Å²) in [6, 6.07) is 16.4. The number of rotatable bonds is 8. The van der Waals surface area contributed by atoms with E-state index in [-0.39, 0.29) is 29.0 Å². The molecule has 0 spiro atoms. The quantitative estimate of drug-likeness (QED) is 0.252. The lowest BCUT2D eigenvalue weighted by molar-refractivity contribution is -0.121. The molecule has 2 aliphatic heterocycles. The highest BCUT2D eigenvalue weighted by atomic mass is 35.5. The first-order valence-corrected chi connectivity index (χ1v) is 15.3. The van der Waals surface area contributed by atoms with E-state index < -0.39 is 5.41 Å². The van der Waals surface area contributed by atoms with Gasteiger partial charge in [0.25, 0.3) is 23.6 Å². The molecule has 0 saturated heterocycles. The largest absolute Gasteiger partial charge is 0.269 e. The number of carbonyl (C=O) groups is 4. The summed E-state index contributed by atoms with van der Waals surface area (Å²) in [4.78, 5) is 52.1. The number of hydrogen-bond acceptors (Lipinski definition) is 4. The average molecular weight is 609 g/mol. The van der Waals surface area contributed by atoms with Gasteiger partial charge in [0.05, 0.1) is 11.4 Å². The maximum Gasteiger partial charge on any atom is 0.258 e. The van der Waals surface area contributed by atoms with Crippen LogP contribution >= 0.6 is 11.6 Å². The molecule has 2 aliphatic rings. The predicted octanol–water partition coefficient (Wildman–Crippen LogP) is 7.28. The zero-order valence-electron chi connectivity index (χ0n) is 26.2. The minimum absolute atomic E-state index is 0.329. The fraction of sp³-hybridized carbons (Fsp3) is 0.297. The molecule has 3 aromatic carbocycles. The minimum Gasteiger partial charge on any atom is -0.269 e. The van der Waals surface area contributed by atoms with Gasteiger partial charge in [-0.15, -0.1) is 0 Å². The van der Waals surface area contributed by atoms with Gasteiger partial charge in [-0.05, 0) is 64.8 Å². The van der Waals surface area contributed by atoms with Gasteiger partial charge in [0, 0.05) is 40.2 Å². The summed E-state index contributed by atoms with van der Waals surface area (Å²) in [5, 5.41) is 0.572. The van der Waals surface area contributed by atoms with Gasteiger partial charge >= 0.3 is 0 Å². The predicted molar refractivity (Wildman–Crippen MR) is 175 cm³/mol. The van der Waals surface area contributed by atoms with Crippen LogP contribution in [0.1, 0.15) is 80.5 Å². The molecule has 6 nitrogen and oxygen atoms in total. The van der Waals surface area contributed by atoms with Crippen molar-refractivity contribution in [3.05, 3.63) is 117 Å². The molecule has 0 unspecified atom stereocenters. The molecule has 0 saturated carbocycles. The molecular formula is C37H37ClN2O4. The monoisotopic (exact) mass is 608 g/mol. The fourth-order valence-electron chi connectivity index (χ4n) is 6.27. The fourth-order valence-corrected chi connectivity index (χ4v) is 6.78. The second kappa shape index (κ2) is 11.3. The van der Waals surface area contributed by atoms with Crippen LogP contribution in [-0.2, 0) is 42.8 Å². The number of aryl methyl sites for hydroxylation is 2. The smallest absolute Gasteiger partial charge is 0.258 e. The summed E-state index contributed by atoms with van der Waals surface area (Å²) in [6.45, 7) is 14.5. The number of benzene rings is 3. The molecule has 5 rings (SSSR count). The first-order valence-electron chi connectivity index (χ1n) is 14.9. The van der Waals surface area contributed by atoms with E-state index >= 15 is 0 Å². The summed E-state index contributed by atoms with van der Waals surface area (Å²) in [5.74, 6) is -1.35. The summed E-state index contributed by atoms with van der Waals surface area (Å²) < 4.78 is 0. The molecule has 0 N–H and O–H groups in total. The van der Waals surface area contributed by atoms with E-state index in [1.807, 2.05) is 45.0 Å². The van der Waals surface area contributed by atoms with Gasteiger partial charge in [0.15, 0.2) is 0 Å². The van der Waals surface area contributed by atoms with E-state index in [1.54, 1.807) is 0 Å². The molecule has 3 aromatic rings. The van der Waals surface area contributed by atoms with Crippen LogP contribution in [-0.4, -0.2) is 23.6 Å². The molecule has 0 fully saturated rings. The number of amides is 4. The molecule has 44 heavy (non-hydrogen) atoms. The number of anilines is 2. The molecule has 226 valence electrons. The van der Waals surface area contributed by atoms with E-state index in [1.165, 1.54) is 34.1 Å². The molecule has 0 aromatic heterocycles. The van der Waals surface area contributed by atoms with Gasteiger partial charge in [-0.25, -0.2) is 9.80 Å². The van der Waals surface area contributed by atoms with Crippen molar-refractivity contribution in [2.24, 2.45) is 0 Å². The Labute approximate surface area is 264 Å². The second-order valence-corrected chi connectivity index (χ2v) is 12.8. The first kappa shape index (κ1) is 31.1. The van der Waals surface area contributed by atoms with E-state index in [9.17, 15) is 19.2 Å². The highest BCUT2D eigenvalue weighted by Crippen LogP contribution is 2.44. The maximum atomic E-state index is 12.6. The van der Waals surface area contributed by atoms with Crippen molar-refractivity contribution in [2.45, 2.75) is 72.1 Å². The van der Waals surface area contributed by atoms with Crippen LogP contribution in [0.4, 0.5) is 11.4 Å². The normalized spacial score (nSPS) is 15.4. The maximum absolute atomic E-state index is 12.6. The van der Waals surface area contributed by atoms with Crippen LogP contribution in [0.5, 0.6) is 0 Å².